The Morgan fingerprint density at radius 2 is 1.29 bits per heavy atom. The SMILES string of the molecule is CC(C#N)(CCC(=O)CCc1ccccc1)N=NC(C)(C#N)CCC(=O)OCc1ccccc1. The molecule has 0 aliphatic rings. The van der Waals surface area contributed by atoms with Crippen LogP contribution in [0.1, 0.15) is 57.1 Å². The van der Waals surface area contributed by atoms with Crippen molar-refractivity contribution in [2.75, 3.05) is 0 Å². The molecular formula is C27H30N4O3. The van der Waals surface area contributed by atoms with Crippen molar-refractivity contribution >= 4 is 11.8 Å². The summed E-state index contributed by atoms with van der Waals surface area (Å²) in [6, 6.07) is 23.2. The standard InChI is InChI=1S/C27H30N4O3/c1-26(20-28,17-15-24(32)14-13-22-9-5-3-6-10-22)30-31-27(2,21-29)18-16-25(33)34-19-23-11-7-4-8-12-23/h3-12H,13-19H2,1-2H3. The molecule has 0 N–H and O–H groups in total. The molecule has 7 heteroatoms. The maximum Gasteiger partial charge on any atom is 0.306 e. The van der Waals surface area contributed by atoms with E-state index in [1.807, 2.05) is 60.7 Å². The number of azo groups is 1. The summed E-state index contributed by atoms with van der Waals surface area (Å²) in [5.74, 6) is -0.391. The molecule has 0 heterocycles. The summed E-state index contributed by atoms with van der Waals surface area (Å²) < 4.78 is 5.24. The van der Waals surface area contributed by atoms with E-state index in [2.05, 4.69) is 22.4 Å². The number of ether oxygens (including phenoxy) is 1. The maximum absolute atomic E-state index is 12.3. The van der Waals surface area contributed by atoms with Gasteiger partial charge in [-0.3, -0.25) is 9.59 Å². The first-order valence-corrected chi connectivity index (χ1v) is 11.3. The number of aryl methyl sites for hydroxylation is 1. The molecule has 176 valence electrons. The second-order valence-electron chi connectivity index (χ2n) is 8.64. The number of esters is 1. The van der Waals surface area contributed by atoms with Crippen LogP contribution in [0, 0.1) is 22.7 Å². The van der Waals surface area contributed by atoms with Crippen molar-refractivity contribution in [3.05, 3.63) is 71.8 Å². The van der Waals surface area contributed by atoms with Crippen molar-refractivity contribution in [3.8, 4) is 12.1 Å². The summed E-state index contributed by atoms with van der Waals surface area (Å²) in [6.07, 6.45) is 1.56. The maximum atomic E-state index is 12.3. The van der Waals surface area contributed by atoms with E-state index < -0.39 is 17.0 Å². The minimum absolute atomic E-state index is 0.00282. The van der Waals surface area contributed by atoms with Crippen molar-refractivity contribution in [2.24, 2.45) is 10.2 Å². The number of nitrogens with zero attached hydrogens (tertiary/aromatic N) is 4. The fourth-order valence-electron chi connectivity index (χ4n) is 3.07. The molecule has 2 unspecified atom stereocenters. The third kappa shape index (κ3) is 9.34. The molecule has 0 saturated heterocycles. The number of carbonyl (C=O) groups excluding carboxylic acids is 2. The van der Waals surface area contributed by atoms with Crippen LogP contribution < -0.4 is 0 Å². The Hall–Kier alpha value is -3.84. The molecule has 2 aromatic rings. The number of rotatable bonds is 13. The Balaban J connectivity index is 1.84. The number of ketones is 1. The lowest BCUT2D eigenvalue weighted by Gasteiger charge is -2.19. The van der Waals surface area contributed by atoms with Crippen LogP contribution in [0.2, 0.25) is 0 Å². The van der Waals surface area contributed by atoms with E-state index in [-0.39, 0.29) is 38.1 Å². The number of Topliss-reactive ketones (excluding diaryl/α,β-unsaturated/α-hetero) is 1. The van der Waals surface area contributed by atoms with Crippen LogP contribution in [-0.2, 0) is 27.4 Å². The highest BCUT2D eigenvalue weighted by Crippen LogP contribution is 2.24. The fraction of sp³-hybridized carbons (Fsp3) is 0.407. The normalized spacial score (nSPS) is 14.4. The summed E-state index contributed by atoms with van der Waals surface area (Å²) in [4.78, 5) is 24.4. The minimum atomic E-state index is -1.28. The molecule has 2 rings (SSSR count). The van der Waals surface area contributed by atoms with E-state index in [9.17, 15) is 20.1 Å². The Bertz CT molecular complexity index is 971. The van der Waals surface area contributed by atoms with Crippen LogP contribution in [-0.4, -0.2) is 22.8 Å². The Morgan fingerprint density at radius 3 is 1.82 bits per heavy atom. The lowest BCUT2D eigenvalue weighted by molar-refractivity contribution is -0.145. The van der Waals surface area contributed by atoms with Crippen LogP contribution in [0.25, 0.3) is 0 Å². The van der Waals surface area contributed by atoms with Crippen LogP contribution in [0.5, 0.6) is 0 Å². The van der Waals surface area contributed by atoms with Crippen molar-refractivity contribution in [3.63, 3.8) is 0 Å². The van der Waals surface area contributed by atoms with Gasteiger partial charge in [-0.2, -0.15) is 20.8 Å². The number of hydrogen-bond acceptors (Lipinski definition) is 7. The van der Waals surface area contributed by atoms with E-state index in [0.717, 1.165) is 11.1 Å². The molecule has 2 atom stereocenters. The molecule has 0 amide bonds. The highest BCUT2D eigenvalue weighted by molar-refractivity contribution is 5.78. The second kappa shape index (κ2) is 13.0. The zero-order valence-corrected chi connectivity index (χ0v) is 19.7. The predicted octanol–water partition coefficient (Wildman–Crippen LogP) is 5.51. The lowest BCUT2D eigenvalue weighted by atomic mass is 9.95. The predicted molar refractivity (Wildman–Crippen MR) is 127 cm³/mol. The molecule has 2 aromatic carbocycles. The summed E-state index contributed by atoms with van der Waals surface area (Å²) in [7, 11) is 0. The third-order valence-electron chi connectivity index (χ3n) is 5.46. The van der Waals surface area contributed by atoms with E-state index >= 15 is 0 Å². The lowest BCUT2D eigenvalue weighted by Crippen LogP contribution is -2.25. The van der Waals surface area contributed by atoms with Crippen molar-refractivity contribution < 1.29 is 14.3 Å². The third-order valence-corrected chi connectivity index (χ3v) is 5.46. The molecule has 34 heavy (non-hydrogen) atoms. The van der Waals surface area contributed by atoms with Gasteiger partial charge in [0.15, 0.2) is 11.1 Å². The van der Waals surface area contributed by atoms with Gasteiger partial charge in [-0.25, -0.2) is 0 Å². The van der Waals surface area contributed by atoms with Crippen LogP contribution in [0.15, 0.2) is 70.9 Å². The molecule has 0 aliphatic carbocycles. The molecule has 0 spiro atoms. The zero-order chi connectivity index (χ0) is 24.9. The molecule has 0 aliphatic heterocycles. The van der Waals surface area contributed by atoms with Gasteiger partial charge in [-0.15, -0.1) is 0 Å². The minimum Gasteiger partial charge on any atom is -0.461 e. The smallest absolute Gasteiger partial charge is 0.306 e. The molecular weight excluding hydrogens is 428 g/mol. The van der Waals surface area contributed by atoms with E-state index in [4.69, 9.17) is 4.74 Å². The number of nitriles is 2. The summed E-state index contributed by atoms with van der Waals surface area (Å²) in [5.41, 5.74) is -0.539. The number of carbonyl (C=O) groups is 2. The van der Waals surface area contributed by atoms with Gasteiger partial charge in [0.1, 0.15) is 12.4 Å². The first-order valence-electron chi connectivity index (χ1n) is 11.3. The quantitative estimate of drug-likeness (QED) is 0.290. The first-order chi connectivity index (χ1) is 16.3. The van der Waals surface area contributed by atoms with Crippen molar-refractivity contribution in [1.82, 2.24) is 0 Å². The average Bonchev–Trinajstić information content (AvgIpc) is 2.88. The van der Waals surface area contributed by atoms with E-state index in [1.54, 1.807) is 13.8 Å². The number of benzene rings is 2. The van der Waals surface area contributed by atoms with Gasteiger partial charge in [0.05, 0.1) is 12.1 Å². The molecule has 0 bridgehead atoms. The Labute approximate surface area is 201 Å². The summed E-state index contributed by atoms with van der Waals surface area (Å²) in [5, 5.41) is 27.4. The van der Waals surface area contributed by atoms with Crippen molar-refractivity contribution in [1.29, 1.82) is 10.5 Å². The van der Waals surface area contributed by atoms with Crippen LogP contribution in [0.4, 0.5) is 0 Å². The number of hydrogen-bond donors (Lipinski definition) is 0. The molecule has 0 saturated carbocycles. The van der Waals surface area contributed by atoms with Gasteiger partial charge < -0.3 is 4.74 Å². The first kappa shape index (κ1) is 26.4. The van der Waals surface area contributed by atoms with E-state index in [0.29, 0.717) is 12.8 Å². The molecule has 0 radical (unpaired) electrons. The van der Waals surface area contributed by atoms with Gasteiger partial charge in [0.2, 0.25) is 0 Å². The Kier molecular flexibility index (Phi) is 10.1. The van der Waals surface area contributed by atoms with Gasteiger partial charge in [-0.05, 0) is 44.2 Å². The van der Waals surface area contributed by atoms with Gasteiger partial charge in [0.25, 0.3) is 0 Å². The summed E-state index contributed by atoms with van der Waals surface area (Å²) >= 11 is 0. The summed E-state index contributed by atoms with van der Waals surface area (Å²) in [6.45, 7) is 3.31. The average molecular weight is 459 g/mol. The Morgan fingerprint density at radius 1 is 0.794 bits per heavy atom. The van der Waals surface area contributed by atoms with E-state index in [1.165, 1.54) is 0 Å². The largest absolute Gasteiger partial charge is 0.461 e. The van der Waals surface area contributed by atoms with Gasteiger partial charge in [-0.1, -0.05) is 60.7 Å². The second-order valence-corrected chi connectivity index (χ2v) is 8.64. The van der Waals surface area contributed by atoms with Crippen molar-refractivity contribution in [2.45, 2.75) is 70.1 Å². The van der Waals surface area contributed by atoms with Crippen LogP contribution in [0.3, 0.4) is 0 Å². The fourth-order valence-corrected chi connectivity index (χ4v) is 3.07. The zero-order valence-electron chi connectivity index (χ0n) is 19.7. The topological polar surface area (TPSA) is 116 Å². The molecule has 0 aromatic heterocycles. The molecule has 7 nitrogen and oxygen atoms in total. The monoisotopic (exact) mass is 458 g/mol. The van der Waals surface area contributed by atoms with Gasteiger partial charge >= 0.3 is 5.97 Å². The van der Waals surface area contributed by atoms with Crippen LogP contribution >= 0.6 is 0 Å². The highest BCUT2D eigenvalue weighted by atomic mass is 16.5. The van der Waals surface area contributed by atoms with Gasteiger partial charge in [0, 0.05) is 19.3 Å². The highest BCUT2D eigenvalue weighted by Gasteiger charge is 2.29. The molecule has 0 fully saturated rings.